The van der Waals surface area contributed by atoms with Gasteiger partial charge in [-0.2, -0.15) is 0 Å². The molecule has 4 heteroatoms. The Morgan fingerprint density at radius 1 is 1.12 bits per heavy atom. The molecule has 1 saturated carbocycles. The molecule has 1 N–H and O–H groups in total. The van der Waals surface area contributed by atoms with Crippen LogP contribution in [0.2, 0.25) is 0 Å². The van der Waals surface area contributed by atoms with Gasteiger partial charge < -0.3 is 5.11 Å². The second-order valence-corrected chi connectivity index (χ2v) is 5.34. The number of hydrogen-bond donors (Lipinski definition) is 1. The SMILES string of the molecule is O=C(O)C1(C(=O)Sc2ccccc2)CCCC1. The standard InChI is InChI=1S/C13H14O3S/c14-11(15)13(8-4-5-9-13)12(16)17-10-6-2-1-3-7-10/h1-3,6-7H,4-5,8-9H2,(H,14,15). The van der Waals surface area contributed by atoms with Crippen LogP contribution in [-0.2, 0) is 9.59 Å². The number of hydrogen-bond acceptors (Lipinski definition) is 3. The van der Waals surface area contributed by atoms with Gasteiger partial charge >= 0.3 is 5.97 Å². The molecule has 3 nitrogen and oxygen atoms in total. The molecule has 0 bridgehead atoms. The quantitative estimate of drug-likeness (QED) is 0.662. The molecule has 0 spiro atoms. The number of carbonyl (C=O) groups is 2. The van der Waals surface area contributed by atoms with Gasteiger partial charge in [0.25, 0.3) is 0 Å². The Morgan fingerprint density at radius 2 is 1.71 bits per heavy atom. The van der Waals surface area contributed by atoms with E-state index in [4.69, 9.17) is 0 Å². The summed E-state index contributed by atoms with van der Waals surface area (Å²) in [4.78, 5) is 24.3. The highest BCUT2D eigenvalue weighted by molar-refractivity contribution is 8.13. The van der Waals surface area contributed by atoms with Crippen LogP contribution < -0.4 is 0 Å². The number of rotatable bonds is 3. The minimum absolute atomic E-state index is 0.228. The van der Waals surface area contributed by atoms with Crippen LogP contribution >= 0.6 is 11.8 Å². The number of thioether (sulfide) groups is 1. The van der Waals surface area contributed by atoms with Gasteiger partial charge in [0.15, 0.2) is 0 Å². The molecule has 0 radical (unpaired) electrons. The lowest BCUT2D eigenvalue weighted by Gasteiger charge is -2.21. The zero-order valence-electron chi connectivity index (χ0n) is 9.39. The van der Waals surface area contributed by atoms with Crippen molar-refractivity contribution in [1.82, 2.24) is 0 Å². The Hall–Kier alpha value is -1.29. The zero-order valence-corrected chi connectivity index (χ0v) is 10.2. The fourth-order valence-electron chi connectivity index (χ4n) is 2.18. The lowest BCUT2D eigenvalue weighted by atomic mass is 9.88. The highest BCUT2D eigenvalue weighted by atomic mass is 32.2. The van der Waals surface area contributed by atoms with E-state index in [9.17, 15) is 14.7 Å². The monoisotopic (exact) mass is 250 g/mol. The van der Waals surface area contributed by atoms with Crippen LogP contribution in [0.25, 0.3) is 0 Å². The summed E-state index contributed by atoms with van der Waals surface area (Å²) < 4.78 is 0. The Bertz CT molecular complexity index is 422. The predicted octanol–water partition coefficient (Wildman–Crippen LogP) is 2.95. The van der Waals surface area contributed by atoms with Gasteiger partial charge in [0, 0.05) is 4.90 Å². The number of carboxylic acids is 1. The molecule has 2 rings (SSSR count). The third-order valence-corrected chi connectivity index (χ3v) is 4.29. The molecule has 0 heterocycles. The summed E-state index contributed by atoms with van der Waals surface area (Å²) in [5.41, 5.74) is -1.15. The van der Waals surface area contributed by atoms with Crippen LogP contribution in [0, 0.1) is 5.41 Å². The van der Waals surface area contributed by atoms with E-state index in [1.54, 1.807) is 0 Å². The third-order valence-electron chi connectivity index (χ3n) is 3.21. The van der Waals surface area contributed by atoms with Gasteiger partial charge in [0.05, 0.1) is 0 Å². The van der Waals surface area contributed by atoms with Crippen molar-refractivity contribution in [1.29, 1.82) is 0 Å². The van der Waals surface area contributed by atoms with E-state index in [1.165, 1.54) is 0 Å². The van der Waals surface area contributed by atoms with Crippen molar-refractivity contribution in [2.45, 2.75) is 30.6 Å². The van der Waals surface area contributed by atoms with Gasteiger partial charge in [-0.1, -0.05) is 42.8 Å². The van der Waals surface area contributed by atoms with E-state index in [-0.39, 0.29) is 5.12 Å². The van der Waals surface area contributed by atoms with Gasteiger partial charge in [-0.15, -0.1) is 0 Å². The molecule has 0 aromatic heterocycles. The van der Waals surface area contributed by atoms with Crippen molar-refractivity contribution < 1.29 is 14.7 Å². The summed E-state index contributed by atoms with van der Waals surface area (Å²) in [6.45, 7) is 0. The van der Waals surface area contributed by atoms with E-state index >= 15 is 0 Å². The second-order valence-electron chi connectivity index (χ2n) is 4.30. The van der Waals surface area contributed by atoms with Crippen LogP contribution in [0.1, 0.15) is 25.7 Å². The average Bonchev–Trinajstić information content (AvgIpc) is 2.80. The molecule has 90 valence electrons. The van der Waals surface area contributed by atoms with Crippen molar-refractivity contribution in [3.63, 3.8) is 0 Å². The Morgan fingerprint density at radius 3 is 2.24 bits per heavy atom. The van der Waals surface area contributed by atoms with E-state index in [0.717, 1.165) is 29.5 Å². The van der Waals surface area contributed by atoms with Crippen LogP contribution in [0.4, 0.5) is 0 Å². The van der Waals surface area contributed by atoms with Crippen LogP contribution in [0.3, 0.4) is 0 Å². The van der Waals surface area contributed by atoms with Gasteiger partial charge in [-0.3, -0.25) is 9.59 Å². The Kier molecular flexibility index (Phi) is 3.52. The fourth-order valence-corrected chi connectivity index (χ4v) is 3.17. The molecule has 0 amide bonds. The fraction of sp³-hybridized carbons (Fsp3) is 0.385. The lowest BCUT2D eigenvalue weighted by molar-refractivity contribution is -0.151. The largest absolute Gasteiger partial charge is 0.480 e. The molecule has 17 heavy (non-hydrogen) atoms. The summed E-state index contributed by atoms with van der Waals surface area (Å²) in [5, 5.41) is 9.05. The zero-order chi connectivity index (χ0) is 12.3. The van der Waals surface area contributed by atoms with Gasteiger partial charge in [-0.25, -0.2) is 0 Å². The van der Waals surface area contributed by atoms with Crippen LogP contribution in [0.5, 0.6) is 0 Å². The average molecular weight is 250 g/mol. The normalized spacial score (nSPS) is 17.9. The van der Waals surface area contributed by atoms with Crippen LogP contribution in [0.15, 0.2) is 35.2 Å². The maximum Gasteiger partial charge on any atom is 0.318 e. The van der Waals surface area contributed by atoms with E-state index < -0.39 is 11.4 Å². The molecule has 1 aromatic rings. The highest BCUT2D eigenvalue weighted by Crippen LogP contribution is 2.43. The van der Waals surface area contributed by atoms with Crippen molar-refractivity contribution in [2.75, 3.05) is 0 Å². The first-order chi connectivity index (χ1) is 8.15. The molecular weight excluding hydrogens is 236 g/mol. The van der Waals surface area contributed by atoms with Gasteiger partial charge in [-0.05, 0) is 25.0 Å². The molecule has 0 aliphatic heterocycles. The van der Waals surface area contributed by atoms with Crippen molar-refractivity contribution in [3.05, 3.63) is 30.3 Å². The third kappa shape index (κ3) is 2.36. The topological polar surface area (TPSA) is 54.4 Å². The second kappa shape index (κ2) is 4.92. The molecule has 1 aliphatic carbocycles. The Labute approximate surface area is 104 Å². The smallest absolute Gasteiger partial charge is 0.318 e. The molecule has 0 unspecified atom stereocenters. The molecule has 1 fully saturated rings. The summed E-state index contributed by atoms with van der Waals surface area (Å²) >= 11 is 1.05. The van der Waals surface area contributed by atoms with Crippen molar-refractivity contribution >= 4 is 22.8 Å². The Balaban J connectivity index is 2.16. The van der Waals surface area contributed by atoms with Crippen molar-refractivity contribution in [2.24, 2.45) is 5.41 Å². The first-order valence-electron chi connectivity index (χ1n) is 5.66. The van der Waals surface area contributed by atoms with Gasteiger partial charge in [0.1, 0.15) is 5.41 Å². The first-order valence-corrected chi connectivity index (χ1v) is 6.47. The molecule has 0 saturated heterocycles. The van der Waals surface area contributed by atoms with E-state index in [0.29, 0.717) is 12.8 Å². The first kappa shape index (κ1) is 12.2. The van der Waals surface area contributed by atoms with Crippen molar-refractivity contribution in [3.8, 4) is 0 Å². The minimum atomic E-state index is -1.15. The number of aliphatic carboxylic acids is 1. The van der Waals surface area contributed by atoms with E-state index in [2.05, 4.69) is 0 Å². The highest BCUT2D eigenvalue weighted by Gasteiger charge is 2.48. The van der Waals surface area contributed by atoms with E-state index in [1.807, 2.05) is 30.3 Å². The summed E-state index contributed by atoms with van der Waals surface area (Å²) in [6, 6.07) is 9.21. The minimum Gasteiger partial charge on any atom is -0.480 e. The van der Waals surface area contributed by atoms with Crippen LogP contribution in [-0.4, -0.2) is 16.2 Å². The number of benzene rings is 1. The molecule has 0 atom stereocenters. The molecular formula is C13H14O3S. The number of carboxylic acid groups (broad SMARTS) is 1. The summed E-state index contributed by atoms with van der Waals surface area (Å²) in [5.74, 6) is -0.969. The number of carbonyl (C=O) groups excluding carboxylic acids is 1. The molecule has 1 aliphatic rings. The van der Waals surface area contributed by atoms with Gasteiger partial charge in [0.2, 0.25) is 5.12 Å². The maximum atomic E-state index is 12.2. The predicted molar refractivity (Wildman–Crippen MR) is 65.8 cm³/mol. The molecule has 1 aromatic carbocycles. The maximum absolute atomic E-state index is 12.2. The summed E-state index contributed by atoms with van der Waals surface area (Å²) in [6.07, 6.45) is 2.60. The summed E-state index contributed by atoms with van der Waals surface area (Å²) in [7, 11) is 0. The lowest BCUT2D eigenvalue weighted by Crippen LogP contribution is -2.34.